The molecule has 1 rings (SSSR count). The van der Waals surface area contributed by atoms with E-state index in [-0.39, 0.29) is 6.10 Å². The Balaban J connectivity index is 2.66. The fourth-order valence-electron chi connectivity index (χ4n) is 1.02. The topological polar surface area (TPSA) is 35.2 Å². The van der Waals surface area contributed by atoms with Crippen molar-refractivity contribution in [2.45, 2.75) is 26.6 Å². The van der Waals surface area contributed by atoms with Crippen molar-refractivity contribution in [3.05, 3.63) is 28.2 Å². The van der Waals surface area contributed by atoms with Crippen molar-refractivity contribution in [3.8, 4) is 0 Å². The molecule has 2 N–H and O–H groups in total. The van der Waals surface area contributed by atoms with Gasteiger partial charge in [0.25, 0.3) is 0 Å². The molecule has 0 atom stereocenters. The summed E-state index contributed by atoms with van der Waals surface area (Å²) in [6.07, 6.45) is 0.250. The molecule has 0 spiro atoms. The third-order valence-corrected chi connectivity index (χ3v) is 2.02. The molecule has 3 heteroatoms. The average Bonchev–Trinajstić information content (AvgIpc) is 1.99. The van der Waals surface area contributed by atoms with Gasteiger partial charge in [-0.05, 0) is 37.6 Å². The minimum absolute atomic E-state index is 0.250. The molecule has 0 unspecified atom stereocenters. The number of halogens is 1. The van der Waals surface area contributed by atoms with Crippen LogP contribution >= 0.6 is 15.9 Å². The van der Waals surface area contributed by atoms with Crippen LogP contribution < -0.4 is 5.73 Å². The fraction of sp³-hybridized carbons (Fsp3) is 0.400. The van der Waals surface area contributed by atoms with Crippen LogP contribution in [0.2, 0.25) is 0 Å². The number of rotatable bonds is 3. The molecular formula is C10H14BrNO. The highest BCUT2D eigenvalue weighted by atomic mass is 79.9. The van der Waals surface area contributed by atoms with Gasteiger partial charge < -0.3 is 10.5 Å². The summed E-state index contributed by atoms with van der Waals surface area (Å²) in [5.74, 6) is 0. The van der Waals surface area contributed by atoms with Gasteiger partial charge in [-0.3, -0.25) is 0 Å². The first-order chi connectivity index (χ1) is 6.08. The highest BCUT2D eigenvalue weighted by molar-refractivity contribution is 9.10. The normalized spacial score (nSPS) is 10.8. The second kappa shape index (κ2) is 4.63. The van der Waals surface area contributed by atoms with Crippen LogP contribution in [0.4, 0.5) is 5.69 Å². The first-order valence-electron chi connectivity index (χ1n) is 4.24. The predicted octanol–water partition coefficient (Wildman–Crippen LogP) is 2.96. The lowest BCUT2D eigenvalue weighted by molar-refractivity contribution is 0.0657. The summed E-state index contributed by atoms with van der Waals surface area (Å²) in [5.41, 5.74) is 7.54. The van der Waals surface area contributed by atoms with E-state index in [9.17, 15) is 0 Å². The van der Waals surface area contributed by atoms with Gasteiger partial charge in [-0.25, -0.2) is 0 Å². The fourth-order valence-corrected chi connectivity index (χ4v) is 1.58. The van der Waals surface area contributed by atoms with Gasteiger partial charge in [0.15, 0.2) is 0 Å². The lowest BCUT2D eigenvalue weighted by Crippen LogP contribution is -2.02. The Morgan fingerprint density at radius 3 is 2.62 bits per heavy atom. The van der Waals surface area contributed by atoms with Crippen LogP contribution in [0.25, 0.3) is 0 Å². The predicted molar refractivity (Wildman–Crippen MR) is 58.5 cm³/mol. The Hall–Kier alpha value is -0.540. The van der Waals surface area contributed by atoms with Gasteiger partial charge in [-0.1, -0.05) is 15.9 Å². The van der Waals surface area contributed by atoms with Gasteiger partial charge in [0, 0.05) is 10.2 Å². The van der Waals surface area contributed by atoms with Crippen LogP contribution in [-0.4, -0.2) is 6.10 Å². The van der Waals surface area contributed by atoms with Crippen LogP contribution in [0, 0.1) is 0 Å². The molecule has 13 heavy (non-hydrogen) atoms. The van der Waals surface area contributed by atoms with E-state index < -0.39 is 0 Å². The Labute approximate surface area is 87.2 Å². The van der Waals surface area contributed by atoms with Gasteiger partial charge in [-0.15, -0.1) is 0 Å². The Kier molecular flexibility index (Phi) is 3.75. The average molecular weight is 244 g/mol. The maximum Gasteiger partial charge on any atom is 0.0721 e. The third kappa shape index (κ3) is 3.79. The van der Waals surface area contributed by atoms with Crippen molar-refractivity contribution in [1.29, 1.82) is 0 Å². The van der Waals surface area contributed by atoms with Gasteiger partial charge >= 0.3 is 0 Å². The smallest absolute Gasteiger partial charge is 0.0721 e. The molecule has 0 aliphatic heterocycles. The zero-order chi connectivity index (χ0) is 9.84. The summed E-state index contributed by atoms with van der Waals surface area (Å²) in [4.78, 5) is 0. The molecule has 0 heterocycles. The zero-order valence-electron chi connectivity index (χ0n) is 7.88. The lowest BCUT2D eigenvalue weighted by Gasteiger charge is -2.08. The van der Waals surface area contributed by atoms with Crippen LogP contribution in [0.1, 0.15) is 19.4 Å². The molecule has 0 aliphatic carbocycles. The van der Waals surface area contributed by atoms with E-state index in [0.29, 0.717) is 6.61 Å². The SMILES string of the molecule is CC(C)OCc1cc(N)cc(Br)c1. The summed E-state index contributed by atoms with van der Waals surface area (Å²) in [5, 5.41) is 0. The highest BCUT2D eigenvalue weighted by Crippen LogP contribution is 2.18. The number of nitrogen functional groups attached to an aromatic ring is 1. The second-order valence-electron chi connectivity index (χ2n) is 3.25. The Morgan fingerprint density at radius 1 is 1.38 bits per heavy atom. The minimum atomic E-state index is 0.250. The molecule has 0 aromatic heterocycles. The van der Waals surface area contributed by atoms with Crippen molar-refractivity contribution in [2.75, 3.05) is 5.73 Å². The van der Waals surface area contributed by atoms with Crippen molar-refractivity contribution in [3.63, 3.8) is 0 Å². The van der Waals surface area contributed by atoms with E-state index in [1.165, 1.54) is 0 Å². The molecule has 0 saturated carbocycles. The van der Waals surface area contributed by atoms with Crippen molar-refractivity contribution < 1.29 is 4.74 Å². The number of ether oxygens (including phenoxy) is 1. The monoisotopic (exact) mass is 243 g/mol. The molecule has 0 bridgehead atoms. The Morgan fingerprint density at radius 2 is 2.08 bits per heavy atom. The van der Waals surface area contributed by atoms with Gasteiger partial charge in [0.05, 0.1) is 12.7 Å². The van der Waals surface area contributed by atoms with E-state index in [1.807, 2.05) is 32.0 Å². The molecule has 0 aliphatic rings. The zero-order valence-corrected chi connectivity index (χ0v) is 9.47. The van der Waals surface area contributed by atoms with Gasteiger partial charge in [0.1, 0.15) is 0 Å². The number of hydrogen-bond donors (Lipinski definition) is 1. The molecule has 0 fully saturated rings. The maximum atomic E-state index is 5.68. The van der Waals surface area contributed by atoms with Gasteiger partial charge in [-0.2, -0.15) is 0 Å². The summed E-state index contributed by atoms with van der Waals surface area (Å²) in [6, 6.07) is 5.81. The van der Waals surface area contributed by atoms with E-state index in [2.05, 4.69) is 15.9 Å². The summed E-state index contributed by atoms with van der Waals surface area (Å²) in [7, 11) is 0. The molecule has 72 valence electrons. The first kappa shape index (κ1) is 10.5. The third-order valence-electron chi connectivity index (χ3n) is 1.56. The summed E-state index contributed by atoms with van der Waals surface area (Å²) < 4.78 is 6.46. The number of hydrogen-bond acceptors (Lipinski definition) is 2. The van der Waals surface area contributed by atoms with E-state index >= 15 is 0 Å². The van der Waals surface area contributed by atoms with E-state index in [1.54, 1.807) is 0 Å². The van der Waals surface area contributed by atoms with Crippen molar-refractivity contribution >= 4 is 21.6 Å². The summed E-state index contributed by atoms with van der Waals surface area (Å²) >= 11 is 3.38. The van der Waals surface area contributed by atoms with Crippen LogP contribution in [0.15, 0.2) is 22.7 Å². The number of benzene rings is 1. The first-order valence-corrected chi connectivity index (χ1v) is 5.04. The molecule has 2 nitrogen and oxygen atoms in total. The quantitative estimate of drug-likeness (QED) is 0.829. The standard InChI is InChI=1S/C10H14BrNO/c1-7(2)13-6-8-3-9(11)5-10(12)4-8/h3-5,7H,6,12H2,1-2H3. The highest BCUT2D eigenvalue weighted by Gasteiger charge is 1.98. The van der Waals surface area contributed by atoms with Crippen LogP contribution in [0.3, 0.4) is 0 Å². The molecule has 0 amide bonds. The number of nitrogens with two attached hydrogens (primary N) is 1. The Bertz CT molecular complexity index is 266. The van der Waals surface area contributed by atoms with Crippen molar-refractivity contribution in [1.82, 2.24) is 0 Å². The van der Waals surface area contributed by atoms with Gasteiger partial charge in [0.2, 0.25) is 0 Å². The molecule has 0 radical (unpaired) electrons. The van der Waals surface area contributed by atoms with Crippen LogP contribution in [-0.2, 0) is 11.3 Å². The second-order valence-corrected chi connectivity index (χ2v) is 4.17. The molecular weight excluding hydrogens is 230 g/mol. The van der Waals surface area contributed by atoms with E-state index in [4.69, 9.17) is 10.5 Å². The molecule has 1 aromatic carbocycles. The maximum absolute atomic E-state index is 5.68. The lowest BCUT2D eigenvalue weighted by atomic mass is 10.2. The minimum Gasteiger partial charge on any atom is -0.399 e. The van der Waals surface area contributed by atoms with Crippen molar-refractivity contribution in [2.24, 2.45) is 0 Å². The summed E-state index contributed by atoms with van der Waals surface area (Å²) in [6.45, 7) is 4.64. The largest absolute Gasteiger partial charge is 0.399 e. The van der Waals surface area contributed by atoms with Crippen LogP contribution in [0.5, 0.6) is 0 Å². The molecule has 1 aromatic rings. The van der Waals surface area contributed by atoms with E-state index in [0.717, 1.165) is 15.7 Å². The number of anilines is 1. The molecule has 0 saturated heterocycles.